The number of pyridine rings is 1. The molecule has 3 nitrogen and oxygen atoms in total. The molecule has 0 bridgehead atoms. The summed E-state index contributed by atoms with van der Waals surface area (Å²) in [7, 11) is 0. The maximum absolute atomic E-state index is 13.5. The second-order valence-electron chi connectivity index (χ2n) is 4.15. The maximum atomic E-state index is 13.5. The van der Waals surface area contributed by atoms with E-state index in [1.165, 1.54) is 18.2 Å². The Morgan fingerprint density at radius 1 is 1.24 bits per heavy atom. The number of hydrogen-bond donors (Lipinski definition) is 1. The van der Waals surface area contributed by atoms with Crippen LogP contribution in [0, 0.1) is 5.82 Å². The minimum atomic E-state index is -4.51. The zero-order chi connectivity index (χ0) is 15.6. The molecule has 0 saturated carbocycles. The van der Waals surface area contributed by atoms with Crippen LogP contribution in [0.4, 0.5) is 23.2 Å². The molecule has 0 aliphatic carbocycles. The minimum absolute atomic E-state index is 0.103. The first-order valence-electron chi connectivity index (χ1n) is 5.67. The van der Waals surface area contributed by atoms with Crippen LogP contribution in [-0.4, -0.2) is 17.8 Å². The summed E-state index contributed by atoms with van der Waals surface area (Å²) in [6.07, 6.45) is -3.35. The van der Waals surface area contributed by atoms with Crippen LogP contribution in [-0.2, 0) is 0 Å². The molecule has 0 aliphatic heterocycles. The van der Waals surface area contributed by atoms with E-state index in [2.05, 4.69) is 9.72 Å². The van der Waals surface area contributed by atoms with Gasteiger partial charge in [0.1, 0.15) is 5.82 Å². The Hall–Kier alpha value is -2.02. The van der Waals surface area contributed by atoms with E-state index < -0.39 is 18.6 Å². The predicted molar refractivity (Wildman–Crippen MR) is 70.6 cm³/mol. The summed E-state index contributed by atoms with van der Waals surface area (Å²) in [5.41, 5.74) is 6.17. The van der Waals surface area contributed by atoms with Crippen LogP contribution in [0.2, 0.25) is 5.02 Å². The number of nitrogen functional groups attached to an aromatic ring is 1. The van der Waals surface area contributed by atoms with Gasteiger partial charge < -0.3 is 10.5 Å². The van der Waals surface area contributed by atoms with Gasteiger partial charge in [-0.3, -0.25) is 0 Å². The van der Waals surface area contributed by atoms with Crippen molar-refractivity contribution in [2.45, 2.75) is 6.18 Å². The number of halogens is 5. The third-order valence-corrected chi connectivity index (χ3v) is 2.78. The van der Waals surface area contributed by atoms with Gasteiger partial charge in [0.05, 0.1) is 16.9 Å². The van der Waals surface area contributed by atoms with Crippen molar-refractivity contribution in [3.05, 3.63) is 41.3 Å². The summed E-state index contributed by atoms with van der Waals surface area (Å²) in [4.78, 5) is 3.71. The quantitative estimate of drug-likeness (QED) is 0.867. The van der Waals surface area contributed by atoms with Gasteiger partial charge >= 0.3 is 6.18 Å². The normalized spacial score (nSPS) is 11.5. The minimum Gasteiger partial charge on any atom is -0.468 e. The van der Waals surface area contributed by atoms with E-state index in [4.69, 9.17) is 17.3 Å². The summed E-state index contributed by atoms with van der Waals surface area (Å²) in [5.74, 6) is -0.999. The molecule has 1 heterocycles. The first-order chi connectivity index (χ1) is 9.76. The van der Waals surface area contributed by atoms with E-state index >= 15 is 0 Å². The van der Waals surface area contributed by atoms with E-state index in [1.54, 1.807) is 0 Å². The number of rotatable bonds is 3. The Bertz CT molecular complexity index is 661. The molecule has 8 heteroatoms. The SMILES string of the molecule is Nc1cnc(OCC(F)(F)F)c(-c2ccc(Cl)c(F)c2)c1. The maximum Gasteiger partial charge on any atom is 0.422 e. The summed E-state index contributed by atoms with van der Waals surface area (Å²) in [5, 5.41) is -0.103. The van der Waals surface area contributed by atoms with Crippen LogP contribution in [0.1, 0.15) is 0 Å². The highest BCUT2D eigenvalue weighted by Crippen LogP contribution is 2.32. The van der Waals surface area contributed by atoms with Crippen molar-refractivity contribution >= 4 is 17.3 Å². The first kappa shape index (κ1) is 15.4. The van der Waals surface area contributed by atoms with Gasteiger partial charge in [-0.2, -0.15) is 13.2 Å². The van der Waals surface area contributed by atoms with Gasteiger partial charge in [-0.15, -0.1) is 0 Å². The molecule has 0 unspecified atom stereocenters. The number of hydrogen-bond acceptors (Lipinski definition) is 3. The smallest absolute Gasteiger partial charge is 0.422 e. The number of ether oxygens (including phenoxy) is 1. The van der Waals surface area contributed by atoms with Gasteiger partial charge in [-0.25, -0.2) is 9.37 Å². The van der Waals surface area contributed by atoms with Gasteiger partial charge in [-0.05, 0) is 23.8 Å². The van der Waals surface area contributed by atoms with Crippen molar-refractivity contribution in [3.63, 3.8) is 0 Å². The first-order valence-corrected chi connectivity index (χ1v) is 6.04. The second-order valence-corrected chi connectivity index (χ2v) is 4.56. The average molecular weight is 321 g/mol. The summed E-state index contributed by atoms with van der Waals surface area (Å²) in [6, 6.07) is 5.13. The van der Waals surface area contributed by atoms with Crippen LogP contribution in [0.25, 0.3) is 11.1 Å². The molecule has 2 rings (SSSR count). The zero-order valence-electron chi connectivity index (χ0n) is 10.4. The van der Waals surface area contributed by atoms with Crippen molar-refractivity contribution in [2.75, 3.05) is 12.3 Å². The summed E-state index contributed by atoms with van der Waals surface area (Å²) in [6.45, 7) is -1.51. The standard InChI is InChI=1S/C13H9ClF4N2O/c14-10-2-1-7(3-11(10)15)9-4-8(19)5-20-12(9)21-6-13(16,17)18/h1-5H,6,19H2. The fourth-order valence-corrected chi connectivity index (χ4v) is 1.72. The van der Waals surface area contributed by atoms with Crippen molar-refractivity contribution < 1.29 is 22.3 Å². The van der Waals surface area contributed by atoms with Gasteiger partial charge in [0.25, 0.3) is 0 Å². The third-order valence-electron chi connectivity index (χ3n) is 2.48. The monoisotopic (exact) mass is 320 g/mol. The van der Waals surface area contributed by atoms with Crippen molar-refractivity contribution in [1.29, 1.82) is 0 Å². The van der Waals surface area contributed by atoms with E-state index in [1.807, 2.05) is 0 Å². The zero-order valence-corrected chi connectivity index (χ0v) is 11.2. The number of nitrogens with two attached hydrogens (primary N) is 1. The highest BCUT2D eigenvalue weighted by Gasteiger charge is 2.29. The van der Waals surface area contributed by atoms with Gasteiger partial charge in [-0.1, -0.05) is 17.7 Å². The molecule has 0 fully saturated rings. The van der Waals surface area contributed by atoms with Crippen LogP contribution < -0.4 is 10.5 Å². The van der Waals surface area contributed by atoms with E-state index in [9.17, 15) is 17.6 Å². The van der Waals surface area contributed by atoms with Crippen LogP contribution in [0.5, 0.6) is 5.88 Å². The largest absolute Gasteiger partial charge is 0.468 e. The van der Waals surface area contributed by atoms with Gasteiger partial charge in [0.2, 0.25) is 5.88 Å². The molecule has 0 spiro atoms. The van der Waals surface area contributed by atoms with Crippen molar-refractivity contribution in [1.82, 2.24) is 4.98 Å². The molecule has 0 atom stereocenters. The molecule has 2 N–H and O–H groups in total. The molecule has 0 saturated heterocycles. The summed E-state index contributed by atoms with van der Waals surface area (Å²) < 4.78 is 54.8. The molecule has 0 aliphatic rings. The molecule has 21 heavy (non-hydrogen) atoms. The van der Waals surface area contributed by atoms with Crippen molar-refractivity contribution in [3.8, 4) is 17.0 Å². The number of benzene rings is 1. The van der Waals surface area contributed by atoms with Crippen molar-refractivity contribution in [2.24, 2.45) is 0 Å². The molecule has 0 radical (unpaired) electrons. The van der Waals surface area contributed by atoms with E-state index in [-0.39, 0.29) is 27.7 Å². The lowest BCUT2D eigenvalue weighted by atomic mass is 10.1. The lowest BCUT2D eigenvalue weighted by Crippen LogP contribution is -2.20. The van der Waals surface area contributed by atoms with Gasteiger partial charge in [0, 0.05) is 5.56 Å². The van der Waals surface area contributed by atoms with Gasteiger partial charge in [0.15, 0.2) is 6.61 Å². The Morgan fingerprint density at radius 2 is 1.95 bits per heavy atom. The number of aromatic nitrogens is 1. The summed E-state index contributed by atoms with van der Waals surface area (Å²) >= 11 is 5.56. The fourth-order valence-electron chi connectivity index (χ4n) is 1.60. The Labute approximate surface area is 122 Å². The third kappa shape index (κ3) is 3.98. The Balaban J connectivity index is 2.41. The van der Waals surface area contributed by atoms with Crippen LogP contribution >= 0.6 is 11.6 Å². The Kier molecular flexibility index (Phi) is 4.22. The average Bonchev–Trinajstić information content (AvgIpc) is 2.39. The highest BCUT2D eigenvalue weighted by atomic mass is 35.5. The molecule has 112 valence electrons. The lowest BCUT2D eigenvalue weighted by molar-refractivity contribution is -0.154. The Morgan fingerprint density at radius 3 is 2.57 bits per heavy atom. The second kappa shape index (κ2) is 5.77. The fraction of sp³-hybridized carbons (Fsp3) is 0.154. The predicted octanol–water partition coefficient (Wildman–Crippen LogP) is 4.06. The number of nitrogens with zero attached hydrogens (tertiary/aromatic N) is 1. The number of anilines is 1. The molecule has 0 amide bonds. The molecular weight excluding hydrogens is 312 g/mol. The topological polar surface area (TPSA) is 48.1 Å². The molecule has 1 aromatic heterocycles. The van der Waals surface area contributed by atoms with Crippen LogP contribution in [0.3, 0.4) is 0 Å². The van der Waals surface area contributed by atoms with E-state index in [0.717, 1.165) is 12.3 Å². The molecule has 1 aromatic carbocycles. The van der Waals surface area contributed by atoms with Crippen LogP contribution in [0.15, 0.2) is 30.5 Å². The highest BCUT2D eigenvalue weighted by molar-refractivity contribution is 6.30. The molecular formula is C13H9ClF4N2O. The van der Waals surface area contributed by atoms with E-state index in [0.29, 0.717) is 0 Å². The molecule has 2 aromatic rings. The number of alkyl halides is 3. The lowest BCUT2D eigenvalue weighted by Gasteiger charge is -2.13.